The molecule has 0 amide bonds. The first-order chi connectivity index (χ1) is 9.47. The van der Waals surface area contributed by atoms with Gasteiger partial charge < -0.3 is 4.90 Å². The van der Waals surface area contributed by atoms with Crippen LogP contribution >= 0.6 is 15.9 Å². The number of halogens is 1. The van der Waals surface area contributed by atoms with Crippen molar-refractivity contribution in [1.29, 1.82) is 0 Å². The van der Waals surface area contributed by atoms with E-state index in [1.165, 1.54) is 0 Å². The number of benzene rings is 1. The summed E-state index contributed by atoms with van der Waals surface area (Å²) in [6.45, 7) is 2.75. The molecule has 1 aliphatic heterocycles. The van der Waals surface area contributed by atoms with Crippen LogP contribution < -0.4 is 4.72 Å². The molecule has 1 aromatic rings. The van der Waals surface area contributed by atoms with Crippen molar-refractivity contribution in [3.63, 3.8) is 0 Å². The van der Waals surface area contributed by atoms with E-state index in [1.54, 1.807) is 18.2 Å². The van der Waals surface area contributed by atoms with Crippen LogP contribution in [0.3, 0.4) is 0 Å². The molecular weight excluding hydrogens is 340 g/mol. The van der Waals surface area contributed by atoms with E-state index in [2.05, 4.69) is 32.6 Å². The highest BCUT2D eigenvalue weighted by atomic mass is 79.9. The molecule has 6 heteroatoms. The molecular formula is C14H21BrN2O2S. The maximum absolute atomic E-state index is 12.1. The second-order valence-corrected chi connectivity index (χ2v) is 8.07. The number of nitrogens with one attached hydrogen (secondary N) is 1. The minimum absolute atomic E-state index is 0.315. The van der Waals surface area contributed by atoms with E-state index in [1.807, 2.05) is 6.07 Å². The Labute approximate surface area is 129 Å². The molecule has 1 saturated heterocycles. The maximum atomic E-state index is 12.1. The Balaban J connectivity index is 1.84. The molecule has 0 bridgehead atoms. The summed E-state index contributed by atoms with van der Waals surface area (Å²) in [4.78, 5) is 2.64. The number of piperidine rings is 1. The highest BCUT2D eigenvalue weighted by Crippen LogP contribution is 2.20. The van der Waals surface area contributed by atoms with Crippen LogP contribution in [0.15, 0.2) is 33.6 Å². The smallest absolute Gasteiger partial charge is 0.240 e. The fourth-order valence-corrected chi connectivity index (χ4v) is 4.11. The van der Waals surface area contributed by atoms with Crippen molar-refractivity contribution in [2.75, 3.05) is 26.7 Å². The molecule has 0 aliphatic carbocycles. The third-order valence-electron chi connectivity index (χ3n) is 3.79. The van der Waals surface area contributed by atoms with Gasteiger partial charge in [0.05, 0.1) is 4.90 Å². The summed E-state index contributed by atoms with van der Waals surface area (Å²) in [6, 6.07) is 6.79. The Kier molecular flexibility index (Phi) is 5.60. The largest absolute Gasteiger partial charge is 0.306 e. The first-order valence-corrected chi connectivity index (χ1v) is 9.19. The summed E-state index contributed by atoms with van der Waals surface area (Å²) in [6.07, 6.45) is 3.24. The molecule has 2 rings (SSSR count). The van der Waals surface area contributed by atoms with Crippen molar-refractivity contribution < 1.29 is 8.42 Å². The topological polar surface area (TPSA) is 49.4 Å². The number of likely N-dealkylation sites (tertiary alicyclic amines) is 1. The molecule has 1 aliphatic rings. The van der Waals surface area contributed by atoms with Gasteiger partial charge in [-0.25, -0.2) is 13.1 Å². The summed E-state index contributed by atoms with van der Waals surface area (Å²) in [5.74, 6) is 0.636. The van der Waals surface area contributed by atoms with Crippen LogP contribution in [0.2, 0.25) is 0 Å². The van der Waals surface area contributed by atoms with Gasteiger partial charge in [-0.05, 0) is 63.5 Å². The van der Waals surface area contributed by atoms with Crippen LogP contribution in [0.4, 0.5) is 0 Å². The molecule has 1 N–H and O–H groups in total. The van der Waals surface area contributed by atoms with E-state index >= 15 is 0 Å². The molecule has 1 aromatic carbocycles. The van der Waals surface area contributed by atoms with E-state index < -0.39 is 10.0 Å². The fourth-order valence-electron chi connectivity index (χ4n) is 2.47. The lowest BCUT2D eigenvalue weighted by molar-refractivity contribution is 0.213. The summed E-state index contributed by atoms with van der Waals surface area (Å²) >= 11 is 3.29. The molecule has 0 aromatic heterocycles. The third-order valence-corrected chi connectivity index (χ3v) is 5.74. The lowest BCUT2D eigenvalue weighted by Crippen LogP contribution is -2.32. The predicted octanol–water partition coefficient (Wildman–Crippen LogP) is 2.46. The van der Waals surface area contributed by atoms with Gasteiger partial charge in [0.25, 0.3) is 0 Å². The lowest BCUT2D eigenvalue weighted by Gasteiger charge is -2.28. The first kappa shape index (κ1) is 15.9. The Morgan fingerprint density at radius 2 is 2.05 bits per heavy atom. The van der Waals surface area contributed by atoms with E-state index in [0.29, 0.717) is 17.4 Å². The number of nitrogens with zero attached hydrogens (tertiary/aromatic N) is 1. The van der Waals surface area contributed by atoms with Crippen LogP contribution in [0.1, 0.15) is 19.3 Å². The summed E-state index contributed by atoms with van der Waals surface area (Å²) in [7, 11) is -1.25. The fraction of sp³-hybridized carbons (Fsp3) is 0.571. The Bertz CT molecular complexity index is 540. The maximum Gasteiger partial charge on any atom is 0.240 e. The predicted molar refractivity (Wildman–Crippen MR) is 84.2 cm³/mol. The Morgan fingerprint density at radius 1 is 1.35 bits per heavy atom. The molecule has 0 spiro atoms. The Hall–Kier alpha value is -0.430. The van der Waals surface area contributed by atoms with Crippen molar-refractivity contribution >= 4 is 26.0 Å². The lowest BCUT2D eigenvalue weighted by atomic mass is 9.94. The SMILES string of the molecule is CN1CCC(CCNS(=O)(=O)c2cccc(Br)c2)CC1. The van der Waals surface area contributed by atoms with Crippen LogP contribution in [-0.4, -0.2) is 40.0 Å². The molecule has 112 valence electrons. The number of sulfonamides is 1. The van der Waals surface area contributed by atoms with Gasteiger partial charge in [-0.15, -0.1) is 0 Å². The van der Waals surface area contributed by atoms with Gasteiger partial charge in [0.2, 0.25) is 10.0 Å². The summed E-state index contributed by atoms with van der Waals surface area (Å²) < 4.78 is 27.7. The quantitative estimate of drug-likeness (QED) is 0.877. The molecule has 0 atom stereocenters. The number of hydrogen-bond donors (Lipinski definition) is 1. The minimum atomic E-state index is -3.38. The average Bonchev–Trinajstić information content (AvgIpc) is 2.41. The average molecular weight is 361 g/mol. The third kappa shape index (κ3) is 4.55. The second-order valence-electron chi connectivity index (χ2n) is 5.39. The minimum Gasteiger partial charge on any atom is -0.306 e. The van der Waals surface area contributed by atoms with Gasteiger partial charge in [0.15, 0.2) is 0 Å². The number of hydrogen-bond acceptors (Lipinski definition) is 3. The van der Waals surface area contributed by atoms with Crippen molar-refractivity contribution in [2.45, 2.75) is 24.2 Å². The molecule has 0 radical (unpaired) electrons. The van der Waals surface area contributed by atoms with Crippen LogP contribution in [-0.2, 0) is 10.0 Å². The normalized spacial score (nSPS) is 18.3. The van der Waals surface area contributed by atoms with Gasteiger partial charge in [-0.3, -0.25) is 0 Å². The standard InChI is InChI=1S/C14H21BrN2O2S/c1-17-9-6-12(7-10-17)5-8-16-20(18,19)14-4-2-3-13(15)11-14/h2-4,11-12,16H,5-10H2,1H3. The van der Waals surface area contributed by atoms with E-state index in [-0.39, 0.29) is 0 Å². The van der Waals surface area contributed by atoms with Crippen LogP contribution in [0, 0.1) is 5.92 Å². The highest BCUT2D eigenvalue weighted by molar-refractivity contribution is 9.10. The Morgan fingerprint density at radius 3 is 2.70 bits per heavy atom. The zero-order valence-corrected chi connectivity index (χ0v) is 14.1. The molecule has 4 nitrogen and oxygen atoms in total. The van der Waals surface area contributed by atoms with Crippen LogP contribution in [0.25, 0.3) is 0 Å². The monoisotopic (exact) mass is 360 g/mol. The molecule has 1 fully saturated rings. The van der Waals surface area contributed by atoms with Gasteiger partial charge in [-0.1, -0.05) is 22.0 Å². The van der Waals surface area contributed by atoms with Crippen LogP contribution in [0.5, 0.6) is 0 Å². The van der Waals surface area contributed by atoms with E-state index in [4.69, 9.17) is 0 Å². The molecule has 0 saturated carbocycles. The summed E-state index contributed by atoms with van der Waals surface area (Å²) in [5, 5.41) is 0. The van der Waals surface area contributed by atoms with Gasteiger partial charge >= 0.3 is 0 Å². The summed E-state index contributed by atoms with van der Waals surface area (Å²) in [5.41, 5.74) is 0. The van der Waals surface area contributed by atoms with Gasteiger partial charge in [-0.2, -0.15) is 0 Å². The zero-order chi connectivity index (χ0) is 14.6. The molecule has 1 heterocycles. The van der Waals surface area contributed by atoms with Gasteiger partial charge in [0, 0.05) is 11.0 Å². The first-order valence-electron chi connectivity index (χ1n) is 6.91. The van der Waals surface area contributed by atoms with Crippen molar-refractivity contribution in [1.82, 2.24) is 9.62 Å². The number of rotatable bonds is 5. The van der Waals surface area contributed by atoms with Crippen molar-refractivity contribution in [3.8, 4) is 0 Å². The van der Waals surface area contributed by atoms with Crippen molar-refractivity contribution in [3.05, 3.63) is 28.7 Å². The van der Waals surface area contributed by atoms with Crippen molar-refractivity contribution in [2.24, 2.45) is 5.92 Å². The molecule has 20 heavy (non-hydrogen) atoms. The van der Waals surface area contributed by atoms with Gasteiger partial charge in [0.1, 0.15) is 0 Å². The second kappa shape index (κ2) is 7.02. The zero-order valence-electron chi connectivity index (χ0n) is 11.7. The van der Waals surface area contributed by atoms with E-state index in [9.17, 15) is 8.42 Å². The highest BCUT2D eigenvalue weighted by Gasteiger charge is 2.18. The molecule has 0 unspecified atom stereocenters. The van der Waals surface area contributed by atoms with E-state index in [0.717, 1.165) is 36.8 Å².